The van der Waals surface area contributed by atoms with Crippen molar-refractivity contribution in [1.29, 1.82) is 0 Å². The van der Waals surface area contributed by atoms with Crippen LogP contribution in [0.5, 0.6) is 0 Å². The van der Waals surface area contributed by atoms with E-state index in [4.69, 9.17) is 4.42 Å². The van der Waals surface area contributed by atoms with Crippen LogP contribution in [0.1, 0.15) is 16.2 Å². The first-order valence-electron chi connectivity index (χ1n) is 3.61. The highest BCUT2D eigenvalue weighted by atomic mass is 16.3. The molecule has 2 aromatic rings. The third-order valence-electron chi connectivity index (χ3n) is 1.67. The number of rotatable bonds is 1. The van der Waals surface area contributed by atoms with E-state index >= 15 is 0 Å². The molecule has 0 aliphatic carbocycles. The van der Waals surface area contributed by atoms with E-state index in [0.29, 0.717) is 17.6 Å². The summed E-state index contributed by atoms with van der Waals surface area (Å²) in [5.41, 5.74) is 1.60. The molecule has 0 saturated carbocycles. The standard InChI is InChI=1S/C9H7NO2/c1-6-2-9-7(4-10-6)3-8(5-11)12-9/h2-5H,1H3. The zero-order chi connectivity index (χ0) is 8.55. The van der Waals surface area contributed by atoms with Crippen LogP contribution in [0.25, 0.3) is 11.0 Å². The van der Waals surface area contributed by atoms with Gasteiger partial charge in [-0.1, -0.05) is 0 Å². The third kappa shape index (κ3) is 0.993. The van der Waals surface area contributed by atoms with Crippen molar-refractivity contribution in [3.63, 3.8) is 0 Å². The second-order valence-electron chi connectivity index (χ2n) is 2.63. The van der Waals surface area contributed by atoms with Gasteiger partial charge in [0.25, 0.3) is 0 Å². The summed E-state index contributed by atoms with van der Waals surface area (Å²) in [6.07, 6.45) is 2.39. The van der Waals surface area contributed by atoms with Gasteiger partial charge in [0.1, 0.15) is 5.58 Å². The van der Waals surface area contributed by atoms with Gasteiger partial charge in [-0.15, -0.1) is 0 Å². The molecule has 0 atom stereocenters. The van der Waals surface area contributed by atoms with Gasteiger partial charge in [0.2, 0.25) is 0 Å². The van der Waals surface area contributed by atoms with Crippen LogP contribution >= 0.6 is 0 Å². The predicted molar refractivity (Wildman–Crippen MR) is 44.1 cm³/mol. The summed E-state index contributed by atoms with van der Waals surface area (Å²) in [4.78, 5) is 14.4. The van der Waals surface area contributed by atoms with Gasteiger partial charge >= 0.3 is 0 Å². The van der Waals surface area contributed by atoms with Crippen LogP contribution in [0.2, 0.25) is 0 Å². The van der Waals surface area contributed by atoms with Gasteiger partial charge in [0, 0.05) is 23.3 Å². The Morgan fingerprint density at radius 1 is 1.50 bits per heavy atom. The molecule has 0 unspecified atom stereocenters. The highest BCUT2D eigenvalue weighted by Crippen LogP contribution is 2.17. The Labute approximate surface area is 69.0 Å². The maximum absolute atomic E-state index is 10.3. The number of hydrogen-bond donors (Lipinski definition) is 0. The van der Waals surface area contributed by atoms with Crippen LogP contribution < -0.4 is 0 Å². The van der Waals surface area contributed by atoms with Gasteiger partial charge in [-0.2, -0.15) is 0 Å². The van der Waals surface area contributed by atoms with E-state index in [0.717, 1.165) is 11.1 Å². The smallest absolute Gasteiger partial charge is 0.185 e. The van der Waals surface area contributed by atoms with Crippen LogP contribution in [-0.4, -0.2) is 11.3 Å². The summed E-state index contributed by atoms with van der Waals surface area (Å²) in [6.45, 7) is 1.88. The number of nitrogens with zero attached hydrogens (tertiary/aromatic N) is 1. The number of fused-ring (bicyclic) bond motifs is 1. The topological polar surface area (TPSA) is 43.1 Å². The van der Waals surface area contributed by atoms with E-state index < -0.39 is 0 Å². The Morgan fingerprint density at radius 2 is 2.33 bits per heavy atom. The third-order valence-corrected chi connectivity index (χ3v) is 1.67. The zero-order valence-electron chi connectivity index (χ0n) is 6.57. The number of aromatic nitrogens is 1. The zero-order valence-corrected chi connectivity index (χ0v) is 6.57. The Balaban J connectivity index is 2.75. The maximum atomic E-state index is 10.3. The number of carbonyl (C=O) groups is 1. The van der Waals surface area contributed by atoms with E-state index in [9.17, 15) is 4.79 Å². The van der Waals surface area contributed by atoms with Gasteiger partial charge in [0.05, 0.1) is 0 Å². The van der Waals surface area contributed by atoms with Crippen LogP contribution in [-0.2, 0) is 0 Å². The minimum absolute atomic E-state index is 0.345. The molecule has 0 saturated heterocycles. The summed E-state index contributed by atoms with van der Waals surface area (Å²) in [6, 6.07) is 3.48. The molecule has 0 aromatic carbocycles. The minimum atomic E-state index is 0.345. The van der Waals surface area contributed by atoms with Gasteiger partial charge in [-0.25, -0.2) is 0 Å². The van der Waals surface area contributed by atoms with Crippen molar-refractivity contribution in [3.8, 4) is 0 Å². The van der Waals surface area contributed by atoms with E-state index in [2.05, 4.69) is 4.98 Å². The summed E-state index contributed by atoms with van der Waals surface area (Å²) >= 11 is 0. The molecule has 3 nitrogen and oxygen atoms in total. The molecule has 0 N–H and O–H groups in total. The Morgan fingerprint density at radius 3 is 3.08 bits per heavy atom. The van der Waals surface area contributed by atoms with Crippen LogP contribution in [0.4, 0.5) is 0 Å². The lowest BCUT2D eigenvalue weighted by Gasteiger charge is -1.88. The summed E-state index contributed by atoms with van der Waals surface area (Å²) in [7, 11) is 0. The van der Waals surface area contributed by atoms with Gasteiger partial charge in [-0.3, -0.25) is 9.78 Å². The van der Waals surface area contributed by atoms with Gasteiger partial charge in [-0.05, 0) is 13.0 Å². The fourth-order valence-electron chi connectivity index (χ4n) is 1.11. The van der Waals surface area contributed by atoms with Crippen molar-refractivity contribution >= 4 is 17.3 Å². The first kappa shape index (κ1) is 7.03. The number of furan rings is 1. The molecule has 0 amide bonds. The fourth-order valence-corrected chi connectivity index (χ4v) is 1.11. The van der Waals surface area contributed by atoms with E-state index in [-0.39, 0.29) is 0 Å². The Hall–Kier alpha value is -1.64. The first-order valence-corrected chi connectivity index (χ1v) is 3.61. The fraction of sp³-hybridized carbons (Fsp3) is 0.111. The molecule has 0 spiro atoms. The van der Waals surface area contributed by atoms with Crippen LogP contribution in [0.15, 0.2) is 22.7 Å². The van der Waals surface area contributed by atoms with Crippen LogP contribution in [0, 0.1) is 6.92 Å². The predicted octanol–water partition coefficient (Wildman–Crippen LogP) is 1.95. The Bertz CT molecular complexity index is 431. The number of hydrogen-bond acceptors (Lipinski definition) is 3. The van der Waals surface area contributed by atoms with E-state index in [1.54, 1.807) is 12.3 Å². The monoisotopic (exact) mass is 161 g/mol. The van der Waals surface area contributed by atoms with Gasteiger partial charge in [0.15, 0.2) is 12.0 Å². The molecule has 3 heteroatoms. The molecule has 0 fully saturated rings. The maximum Gasteiger partial charge on any atom is 0.185 e. The summed E-state index contributed by atoms with van der Waals surface area (Å²) < 4.78 is 5.19. The second kappa shape index (κ2) is 2.44. The number of aldehydes is 1. The molecule has 2 aromatic heterocycles. The number of carbonyl (C=O) groups excluding carboxylic acids is 1. The molecule has 0 bridgehead atoms. The highest BCUT2D eigenvalue weighted by molar-refractivity contribution is 5.84. The number of aryl methyl sites for hydroxylation is 1. The van der Waals surface area contributed by atoms with Gasteiger partial charge < -0.3 is 4.42 Å². The largest absolute Gasteiger partial charge is 0.453 e. The summed E-state index contributed by atoms with van der Waals surface area (Å²) in [5.74, 6) is 0.345. The molecule has 0 aliphatic rings. The molecular weight excluding hydrogens is 154 g/mol. The molecule has 2 rings (SSSR count). The normalized spacial score (nSPS) is 10.4. The van der Waals surface area contributed by atoms with Crippen molar-refractivity contribution in [2.45, 2.75) is 6.92 Å². The van der Waals surface area contributed by atoms with E-state index in [1.165, 1.54) is 0 Å². The molecule has 0 radical (unpaired) electrons. The molecular formula is C9H7NO2. The molecule has 0 aliphatic heterocycles. The number of pyridine rings is 1. The summed E-state index contributed by atoms with van der Waals surface area (Å²) in [5, 5.41) is 0.864. The minimum Gasteiger partial charge on any atom is -0.453 e. The molecule has 12 heavy (non-hydrogen) atoms. The second-order valence-corrected chi connectivity index (χ2v) is 2.63. The quantitative estimate of drug-likeness (QED) is 0.600. The van der Waals surface area contributed by atoms with Crippen molar-refractivity contribution in [2.75, 3.05) is 0 Å². The lowest BCUT2D eigenvalue weighted by atomic mass is 10.3. The lowest BCUT2D eigenvalue weighted by Crippen LogP contribution is -1.76. The molecule has 60 valence electrons. The van der Waals surface area contributed by atoms with Crippen LogP contribution in [0.3, 0.4) is 0 Å². The van der Waals surface area contributed by atoms with Crippen molar-refractivity contribution in [3.05, 3.63) is 29.8 Å². The highest BCUT2D eigenvalue weighted by Gasteiger charge is 2.02. The lowest BCUT2D eigenvalue weighted by molar-refractivity contribution is 0.110. The van der Waals surface area contributed by atoms with Crippen molar-refractivity contribution in [1.82, 2.24) is 4.98 Å². The SMILES string of the molecule is Cc1cc2oc(C=O)cc2cn1. The van der Waals surface area contributed by atoms with Crippen molar-refractivity contribution < 1.29 is 9.21 Å². The first-order chi connectivity index (χ1) is 5.79. The average Bonchev–Trinajstić information content (AvgIpc) is 2.46. The van der Waals surface area contributed by atoms with E-state index in [1.807, 2.05) is 13.0 Å². The molecule has 2 heterocycles. The Kier molecular flexibility index (Phi) is 1.43. The average molecular weight is 161 g/mol. The van der Waals surface area contributed by atoms with Crippen molar-refractivity contribution in [2.24, 2.45) is 0 Å².